The molecule has 2 aromatic rings. The van der Waals surface area contributed by atoms with Crippen molar-refractivity contribution in [3.05, 3.63) is 69.9 Å². The van der Waals surface area contributed by atoms with Crippen molar-refractivity contribution in [3.63, 3.8) is 0 Å². The van der Waals surface area contributed by atoms with Crippen LogP contribution in [-0.2, 0) is 17.6 Å². The van der Waals surface area contributed by atoms with Crippen molar-refractivity contribution in [3.8, 4) is 0 Å². The van der Waals surface area contributed by atoms with Crippen molar-refractivity contribution in [1.82, 2.24) is 5.32 Å². The lowest BCUT2D eigenvalue weighted by atomic mass is 10.1. The summed E-state index contributed by atoms with van der Waals surface area (Å²) in [5.74, 6) is -0.203. The zero-order valence-electron chi connectivity index (χ0n) is 12.3. The highest BCUT2D eigenvalue weighted by Crippen LogP contribution is 2.16. The zero-order chi connectivity index (χ0) is 15.8. The van der Waals surface area contributed by atoms with E-state index in [1.807, 2.05) is 18.2 Å². The molecule has 0 aliphatic carbocycles. The molecule has 0 saturated carbocycles. The highest BCUT2D eigenvalue weighted by Gasteiger charge is 2.03. The molecule has 1 amide bonds. The standard InChI is InChI=1S/C18H19BrFNO/c19-16-13-15(9-10-17(16)20)11-12-21-18(22)8-4-7-14-5-2-1-3-6-14/h1-3,5-6,9-10,13H,4,7-8,11-12H2,(H,21,22). The van der Waals surface area contributed by atoms with Crippen molar-refractivity contribution in [2.75, 3.05) is 6.54 Å². The predicted molar refractivity (Wildman–Crippen MR) is 90.2 cm³/mol. The summed E-state index contributed by atoms with van der Waals surface area (Å²) in [5.41, 5.74) is 2.25. The molecule has 116 valence electrons. The molecular formula is C18H19BrFNO. The van der Waals surface area contributed by atoms with Crippen LogP contribution in [0.5, 0.6) is 0 Å². The van der Waals surface area contributed by atoms with Gasteiger partial charge in [-0.25, -0.2) is 4.39 Å². The molecule has 0 saturated heterocycles. The largest absolute Gasteiger partial charge is 0.356 e. The molecule has 0 aromatic heterocycles. The first kappa shape index (κ1) is 16.7. The molecule has 2 aromatic carbocycles. The summed E-state index contributed by atoms with van der Waals surface area (Å²) in [7, 11) is 0. The average molecular weight is 364 g/mol. The van der Waals surface area contributed by atoms with Crippen LogP contribution in [0, 0.1) is 5.82 Å². The zero-order valence-corrected chi connectivity index (χ0v) is 13.9. The van der Waals surface area contributed by atoms with Crippen molar-refractivity contribution in [1.29, 1.82) is 0 Å². The second kappa shape index (κ2) is 8.69. The number of rotatable bonds is 7. The van der Waals surface area contributed by atoms with Crippen LogP contribution >= 0.6 is 15.9 Å². The van der Waals surface area contributed by atoms with Crippen molar-refractivity contribution in [2.24, 2.45) is 0 Å². The number of carbonyl (C=O) groups excluding carboxylic acids is 1. The van der Waals surface area contributed by atoms with Crippen molar-refractivity contribution < 1.29 is 9.18 Å². The van der Waals surface area contributed by atoms with Crippen LogP contribution in [0.2, 0.25) is 0 Å². The third-order valence-electron chi connectivity index (χ3n) is 3.43. The average Bonchev–Trinajstić information content (AvgIpc) is 2.52. The van der Waals surface area contributed by atoms with Crippen molar-refractivity contribution >= 4 is 21.8 Å². The van der Waals surface area contributed by atoms with Gasteiger partial charge in [-0.15, -0.1) is 0 Å². The third kappa shape index (κ3) is 5.60. The van der Waals surface area contributed by atoms with Gasteiger partial charge in [0.2, 0.25) is 5.91 Å². The molecule has 22 heavy (non-hydrogen) atoms. The number of aryl methyl sites for hydroxylation is 1. The fraction of sp³-hybridized carbons (Fsp3) is 0.278. The van der Waals surface area contributed by atoms with Gasteiger partial charge in [-0.2, -0.15) is 0 Å². The molecule has 0 aliphatic heterocycles. The van der Waals surface area contributed by atoms with Gasteiger partial charge in [-0.3, -0.25) is 4.79 Å². The van der Waals surface area contributed by atoms with E-state index in [4.69, 9.17) is 0 Å². The minimum Gasteiger partial charge on any atom is -0.356 e. The van der Waals surface area contributed by atoms with Crippen LogP contribution in [0.15, 0.2) is 53.0 Å². The molecule has 1 N–H and O–H groups in total. The van der Waals surface area contributed by atoms with E-state index in [1.165, 1.54) is 11.6 Å². The first-order valence-electron chi connectivity index (χ1n) is 7.40. The van der Waals surface area contributed by atoms with Gasteiger partial charge < -0.3 is 5.32 Å². The van der Waals surface area contributed by atoms with Crippen LogP contribution < -0.4 is 5.32 Å². The van der Waals surface area contributed by atoms with Gasteiger partial charge in [0.15, 0.2) is 0 Å². The lowest BCUT2D eigenvalue weighted by Crippen LogP contribution is -2.25. The topological polar surface area (TPSA) is 29.1 Å². The lowest BCUT2D eigenvalue weighted by molar-refractivity contribution is -0.121. The van der Waals surface area contributed by atoms with E-state index < -0.39 is 0 Å². The second-order valence-corrected chi connectivity index (χ2v) is 6.04. The SMILES string of the molecule is O=C(CCCc1ccccc1)NCCc1ccc(F)c(Br)c1. The Bertz CT molecular complexity index is 616. The molecule has 2 rings (SSSR count). The number of carbonyl (C=O) groups is 1. The first-order valence-corrected chi connectivity index (χ1v) is 8.19. The van der Waals surface area contributed by atoms with E-state index in [9.17, 15) is 9.18 Å². The Morgan fingerprint density at radius 3 is 2.55 bits per heavy atom. The van der Waals surface area contributed by atoms with Gasteiger partial charge in [0, 0.05) is 13.0 Å². The maximum Gasteiger partial charge on any atom is 0.220 e. The summed E-state index contributed by atoms with van der Waals surface area (Å²) in [6.45, 7) is 0.572. The van der Waals surface area contributed by atoms with Crippen LogP contribution in [0.1, 0.15) is 24.0 Å². The molecule has 0 fully saturated rings. The summed E-state index contributed by atoms with van der Waals surface area (Å²) in [6.07, 6.45) is 2.99. The normalized spacial score (nSPS) is 10.5. The number of nitrogens with one attached hydrogen (secondary N) is 1. The van der Waals surface area contributed by atoms with E-state index in [0.29, 0.717) is 23.9 Å². The van der Waals surface area contributed by atoms with Gasteiger partial charge in [0.1, 0.15) is 5.82 Å². The van der Waals surface area contributed by atoms with Gasteiger partial charge in [-0.05, 0) is 58.5 Å². The second-order valence-electron chi connectivity index (χ2n) is 5.19. The Labute approximate surface area is 138 Å². The minimum absolute atomic E-state index is 0.0668. The Kier molecular flexibility index (Phi) is 6.59. The van der Waals surface area contributed by atoms with E-state index in [0.717, 1.165) is 18.4 Å². The van der Waals surface area contributed by atoms with Gasteiger partial charge in [0.05, 0.1) is 4.47 Å². The predicted octanol–water partition coefficient (Wildman–Crippen LogP) is 4.27. The summed E-state index contributed by atoms with van der Waals surface area (Å²) in [5, 5.41) is 2.90. The Hall–Kier alpha value is -1.68. The maximum atomic E-state index is 13.1. The van der Waals surface area contributed by atoms with Crippen LogP contribution in [0.3, 0.4) is 0 Å². The molecular weight excluding hydrogens is 345 g/mol. The van der Waals surface area contributed by atoms with Gasteiger partial charge >= 0.3 is 0 Å². The molecule has 2 nitrogen and oxygen atoms in total. The molecule has 0 bridgehead atoms. The van der Waals surface area contributed by atoms with E-state index in [2.05, 4.69) is 33.4 Å². The molecule has 0 aliphatic rings. The smallest absolute Gasteiger partial charge is 0.220 e. The fourth-order valence-electron chi connectivity index (χ4n) is 2.23. The van der Waals surface area contributed by atoms with Gasteiger partial charge in [0.25, 0.3) is 0 Å². The van der Waals surface area contributed by atoms with E-state index >= 15 is 0 Å². The highest BCUT2D eigenvalue weighted by atomic mass is 79.9. The lowest BCUT2D eigenvalue weighted by Gasteiger charge is -2.06. The number of amides is 1. The number of hydrogen-bond acceptors (Lipinski definition) is 1. The number of hydrogen-bond donors (Lipinski definition) is 1. The molecule has 0 unspecified atom stereocenters. The van der Waals surface area contributed by atoms with Crippen LogP contribution in [0.25, 0.3) is 0 Å². The Balaban J connectivity index is 1.64. The summed E-state index contributed by atoms with van der Waals surface area (Å²) >= 11 is 3.16. The summed E-state index contributed by atoms with van der Waals surface area (Å²) < 4.78 is 13.6. The maximum absolute atomic E-state index is 13.1. The molecule has 0 atom stereocenters. The molecule has 0 spiro atoms. The number of benzene rings is 2. The number of halogens is 2. The Morgan fingerprint density at radius 2 is 1.82 bits per heavy atom. The molecule has 4 heteroatoms. The van der Waals surface area contributed by atoms with E-state index in [-0.39, 0.29) is 11.7 Å². The summed E-state index contributed by atoms with van der Waals surface area (Å²) in [4.78, 5) is 11.8. The third-order valence-corrected chi connectivity index (χ3v) is 4.04. The summed E-state index contributed by atoms with van der Waals surface area (Å²) in [6, 6.07) is 15.1. The minimum atomic E-state index is -0.270. The quantitative estimate of drug-likeness (QED) is 0.781. The van der Waals surface area contributed by atoms with Crippen LogP contribution in [-0.4, -0.2) is 12.5 Å². The molecule has 0 radical (unpaired) electrons. The Morgan fingerprint density at radius 1 is 1.05 bits per heavy atom. The monoisotopic (exact) mass is 363 g/mol. The highest BCUT2D eigenvalue weighted by molar-refractivity contribution is 9.10. The van der Waals surface area contributed by atoms with Gasteiger partial charge in [-0.1, -0.05) is 36.4 Å². The van der Waals surface area contributed by atoms with Crippen LogP contribution in [0.4, 0.5) is 4.39 Å². The fourth-order valence-corrected chi connectivity index (χ4v) is 2.65. The first-order chi connectivity index (χ1) is 10.6. The van der Waals surface area contributed by atoms with E-state index in [1.54, 1.807) is 12.1 Å². The molecule has 0 heterocycles. The van der Waals surface area contributed by atoms with Crippen molar-refractivity contribution in [2.45, 2.75) is 25.7 Å².